The van der Waals surface area contributed by atoms with E-state index in [1.165, 1.54) is 5.56 Å². The fraction of sp³-hybridized carbons (Fsp3) is 0.304. The van der Waals surface area contributed by atoms with Crippen LogP contribution in [0.1, 0.15) is 43.1 Å². The Balaban J connectivity index is 0.000000380. The van der Waals surface area contributed by atoms with Gasteiger partial charge in [-0.2, -0.15) is 0 Å². The van der Waals surface area contributed by atoms with E-state index in [0.717, 1.165) is 46.2 Å². The van der Waals surface area contributed by atoms with Crippen LogP contribution in [0.4, 0.5) is 0 Å². The minimum absolute atomic E-state index is 0.0891. The van der Waals surface area contributed by atoms with Gasteiger partial charge in [0.15, 0.2) is 5.78 Å². The summed E-state index contributed by atoms with van der Waals surface area (Å²) < 4.78 is 4.98. The zero-order valence-corrected chi connectivity index (χ0v) is 17.3. The minimum atomic E-state index is 0.0891. The molecule has 3 aromatic rings. The molecule has 0 aliphatic heterocycles. The number of aromatic nitrogens is 1. The molecule has 0 spiro atoms. The Labute approximate surface area is 166 Å². The number of carbonyl (C=O) groups excluding carboxylic acids is 1. The second-order valence-corrected chi connectivity index (χ2v) is 7.26. The van der Waals surface area contributed by atoms with Crippen molar-refractivity contribution in [1.29, 1.82) is 0 Å². The van der Waals surface area contributed by atoms with Crippen molar-refractivity contribution >= 4 is 17.1 Å². The number of benzene rings is 2. The van der Waals surface area contributed by atoms with Crippen LogP contribution in [0.5, 0.6) is 0 Å². The zero-order chi connectivity index (χ0) is 19.6. The van der Waals surface area contributed by atoms with Gasteiger partial charge in [0.25, 0.3) is 0 Å². The van der Waals surface area contributed by atoms with Gasteiger partial charge in [0.05, 0.1) is 4.88 Å². The van der Waals surface area contributed by atoms with Gasteiger partial charge in [0, 0.05) is 30.5 Å². The van der Waals surface area contributed by atoms with E-state index in [9.17, 15) is 4.79 Å². The maximum atomic E-state index is 11.3. The lowest BCUT2D eigenvalue weighted by molar-refractivity contribution is 0.101. The van der Waals surface area contributed by atoms with Crippen molar-refractivity contribution < 1.29 is 9.53 Å². The van der Waals surface area contributed by atoms with Gasteiger partial charge in [-0.15, -0.1) is 11.3 Å². The van der Waals surface area contributed by atoms with Crippen molar-refractivity contribution in [3.05, 3.63) is 65.9 Å². The number of ether oxygens (including phenoxy) is 1. The second kappa shape index (κ2) is 10.8. The third kappa shape index (κ3) is 6.42. The Morgan fingerprint density at radius 3 is 2.15 bits per heavy atom. The summed E-state index contributed by atoms with van der Waals surface area (Å²) in [4.78, 5) is 16.9. The first kappa shape index (κ1) is 21.0. The van der Waals surface area contributed by atoms with Gasteiger partial charge in [-0.25, -0.2) is 4.98 Å². The normalized spacial score (nSPS) is 10.2. The monoisotopic (exact) mass is 381 g/mol. The highest BCUT2D eigenvalue weighted by Crippen LogP contribution is 2.32. The molecule has 0 radical (unpaired) electrons. The van der Waals surface area contributed by atoms with E-state index in [0.29, 0.717) is 0 Å². The second-order valence-electron chi connectivity index (χ2n) is 6.23. The number of nitrogens with zero attached hydrogens (tertiary/aromatic N) is 1. The molecular formula is C23H27NO2S. The highest BCUT2D eigenvalue weighted by Gasteiger charge is 2.07. The average molecular weight is 382 g/mol. The topological polar surface area (TPSA) is 39.2 Å². The van der Waals surface area contributed by atoms with Crippen LogP contribution in [0.25, 0.3) is 21.0 Å². The van der Waals surface area contributed by atoms with E-state index >= 15 is 0 Å². The van der Waals surface area contributed by atoms with E-state index in [-0.39, 0.29) is 5.78 Å². The first-order valence-corrected chi connectivity index (χ1v) is 10.1. The summed E-state index contributed by atoms with van der Waals surface area (Å²) in [5.41, 5.74) is 4.21. The summed E-state index contributed by atoms with van der Waals surface area (Å²) in [5.74, 6) is 0.0891. The van der Waals surface area contributed by atoms with E-state index < -0.39 is 0 Å². The molecule has 3 rings (SSSR count). The zero-order valence-electron chi connectivity index (χ0n) is 16.5. The molecule has 0 saturated carbocycles. The molecule has 0 amide bonds. The number of Topliss-reactive ketones (excluding diaryl/α,β-unsaturated/α-hetero) is 1. The lowest BCUT2D eigenvalue weighted by atomic mass is 10.1. The molecule has 0 aliphatic rings. The van der Waals surface area contributed by atoms with Gasteiger partial charge in [-0.05, 0) is 32.8 Å². The molecule has 142 valence electrons. The Morgan fingerprint density at radius 1 is 1.00 bits per heavy atom. The number of hydrogen-bond donors (Lipinski definition) is 0. The lowest BCUT2D eigenvalue weighted by Crippen LogP contribution is -1.90. The third-order valence-corrected chi connectivity index (χ3v) is 5.03. The molecular weight excluding hydrogens is 354 g/mol. The molecule has 1 heterocycles. The summed E-state index contributed by atoms with van der Waals surface area (Å²) in [6.07, 6.45) is 3.02. The standard InChI is InChI=1S/C18H15NOS.C5H12O/c1-12-3-5-16(6-4-12)18-19-11-17(21-18)15-9-7-14(8-10-15)13(2)20;1-3-5-6-4-2/h3-11H,1-2H3;3-5H2,1-2H3. The quantitative estimate of drug-likeness (QED) is 0.365. The Hall–Kier alpha value is -2.30. The van der Waals surface area contributed by atoms with Gasteiger partial charge >= 0.3 is 0 Å². The predicted molar refractivity (Wildman–Crippen MR) is 115 cm³/mol. The van der Waals surface area contributed by atoms with Crippen LogP contribution < -0.4 is 0 Å². The maximum Gasteiger partial charge on any atom is 0.159 e. The Morgan fingerprint density at radius 2 is 1.63 bits per heavy atom. The average Bonchev–Trinajstić information content (AvgIpc) is 3.17. The molecule has 0 N–H and O–H groups in total. The molecule has 0 bridgehead atoms. The SMILES string of the molecule is CC(=O)c1ccc(-c2cnc(-c3ccc(C)cc3)s2)cc1.CCCOCC. The first-order chi connectivity index (χ1) is 13.0. The number of thiazole rings is 1. The molecule has 0 atom stereocenters. The van der Waals surface area contributed by atoms with E-state index in [1.807, 2.05) is 37.4 Å². The third-order valence-electron chi connectivity index (χ3n) is 3.93. The summed E-state index contributed by atoms with van der Waals surface area (Å²) in [5, 5.41) is 1.01. The largest absolute Gasteiger partial charge is 0.382 e. The number of ketones is 1. The van der Waals surface area contributed by atoms with Crippen molar-refractivity contribution in [1.82, 2.24) is 4.98 Å². The van der Waals surface area contributed by atoms with Crippen molar-refractivity contribution in [2.24, 2.45) is 0 Å². The molecule has 0 unspecified atom stereocenters. The van der Waals surface area contributed by atoms with Gasteiger partial charge in [-0.1, -0.05) is 61.0 Å². The molecule has 0 fully saturated rings. The number of rotatable bonds is 6. The van der Waals surface area contributed by atoms with Crippen LogP contribution in [0.2, 0.25) is 0 Å². The number of hydrogen-bond acceptors (Lipinski definition) is 4. The summed E-state index contributed by atoms with van der Waals surface area (Å²) >= 11 is 1.66. The van der Waals surface area contributed by atoms with Crippen LogP contribution in [-0.2, 0) is 4.74 Å². The predicted octanol–water partition coefficient (Wildman–Crippen LogP) is 6.42. The summed E-state index contributed by atoms with van der Waals surface area (Å²) in [7, 11) is 0. The molecule has 27 heavy (non-hydrogen) atoms. The number of carbonyl (C=O) groups is 1. The fourth-order valence-electron chi connectivity index (χ4n) is 2.40. The van der Waals surface area contributed by atoms with E-state index in [2.05, 4.69) is 43.1 Å². The maximum absolute atomic E-state index is 11.3. The van der Waals surface area contributed by atoms with Crippen LogP contribution >= 0.6 is 11.3 Å². The van der Waals surface area contributed by atoms with Crippen LogP contribution in [0.15, 0.2) is 54.7 Å². The highest BCUT2D eigenvalue weighted by molar-refractivity contribution is 7.18. The Kier molecular flexibility index (Phi) is 8.37. The van der Waals surface area contributed by atoms with Gasteiger partial charge in [0.1, 0.15) is 5.01 Å². The molecule has 0 aliphatic carbocycles. The van der Waals surface area contributed by atoms with Crippen molar-refractivity contribution in [3.8, 4) is 21.0 Å². The fourth-order valence-corrected chi connectivity index (χ4v) is 3.32. The van der Waals surface area contributed by atoms with Gasteiger partial charge in [0.2, 0.25) is 0 Å². The van der Waals surface area contributed by atoms with Gasteiger partial charge in [-0.3, -0.25) is 4.79 Å². The number of aryl methyl sites for hydroxylation is 1. The summed E-state index contributed by atoms with van der Waals surface area (Å²) in [6, 6.07) is 16.1. The van der Waals surface area contributed by atoms with Crippen LogP contribution in [-0.4, -0.2) is 24.0 Å². The van der Waals surface area contributed by atoms with Crippen molar-refractivity contribution in [2.45, 2.75) is 34.1 Å². The van der Waals surface area contributed by atoms with E-state index in [4.69, 9.17) is 4.74 Å². The lowest BCUT2D eigenvalue weighted by Gasteiger charge is -1.99. The minimum Gasteiger partial charge on any atom is -0.382 e. The molecule has 3 nitrogen and oxygen atoms in total. The molecule has 2 aromatic carbocycles. The summed E-state index contributed by atoms with van der Waals surface area (Å²) in [6.45, 7) is 9.54. The smallest absolute Gasteiger partial charge is 0.159 e. The molecule has 1 aromatic heterocycles. The molecule has 0 saturated heterocycles. The van der Waals surface area contributed by atoms with Gasteiger partial charge < -0.3 is 4.74 Å². The highest BCUT2D eigenvalue weighted by atomic mass is 32.1. The Bertz CT molecular complexity index is 832. The first-order valence-electron chi connectivity index (χ1n) is 9.27. The van der Waals surface area contributed by atoms with Crippen LogP contribution in [0.3, 0.4) is 0 Å². The van der Waals surface area contributed by atoms with E-state index in [1.54, 1.807) is 18.3 Å². The molecule has 4 heteroatoms. The van der Waals surface area contributed by atoms with Crippen molar-refractivity contribution in [3.63, 3.8) is 0 Å². The van der Waals surface area contributed by atoms with Crippen molar-refractivity contribution in [2.75, 3.05) is 13.2 Å². The van der Waals surface area contributed by atoms with Crippen LogP contribution in [0, 0.1) is 6.92 Å².